The van der Waals surface area contributed by atoms with E-state index >= 15 is 0 Å². The van der Waals surface area contributed by atoms with Crippen LogP contribution in [0.25, 0.3) is 10.9 Å². The molecule has 2 heterocycles. The van der Waals surface area contributed by atoms with E-state index in [9.17, 15) is 9.59 Å². The number of para-hydroxylation sites is 2. The number of anilines is 1. The predicted molar refractivity (Wildman–Crippen MR) is 107 cm³/mol. The van der Waals surface area contributed by atoms with Gasteiger partial charge in [-0.15, -0.1) is 0 Å². The van der Waals surface area contributed by atoms with Gasteiger partial charge in [0.2, 0.25) is 5.91 Å². The van der Waals surface area contributed by atoms with Gasteiger partial charge in [-0.3, -0.25) is 9.59 Å². The standard InChI is InChI=1S/C22H23N3O2/c26-21(14-16-15-23-19-10-4-2-8-17(16)19)24-20-11-5-3-9-18(20)22(27)25-12-6-1-7-13-25/h2-5,8-11,15,23H,1,6-7,12-14H2,(H,24,26). The van der Waals surface area contributed by atoms with Crippen molar-refractivity contribution in [1.82, 2.24) is 9.88 Å². The number of carbonyl (C=O) groups is 2. The zero-order valence-corrected chi connectivity index (χ0v) is 15.2. The second-order valence-corrected chi connectivity index (χ2v) is 6.98. The zero-order chi connectivity index (χ0) is 18.6. The van der Waals surface area contributed by atoms with E-state index in [2.05, 4.69) is 10.3 Å². The second kappa shape index (κ2) is 7.66. The van der Waals surface area contributed by atoms with Gasteiger partial charge < -0.3 is 15.2 Å². The molecule has 27 heavy (non-hydrogen) atoms. The van der Waals surface area contributed by atoms with Crippen molar-refractivity contribution in [3.05, 3.63) is 65.9 Å². The molecule has 0 bridgehead atoms. The summed E-state index contributed by atoms with van der Waals surface area (Å²) >= 11 is 0. The largest absolute Gasteiger partial charge is 0.361 e. The number of aromatic nitrogens is 1. The van der Waals surface area contributed by atoms with Crippen molar-refractivity contribution in [3.63, 3.8) is 0 Å². The summed E-state index contributed by atoms with van der Waals surface area (Å²) < 4.78 is 0. The normalized spacial score (nSPS) is 14.3. The number of rotatable bonds is 4. The van der Waals surface area contributed by atoms with Gasteiger partial charge >= 0.3 is 0 Å². The van der Waals surface area contributed by atoms with Crippen LogP contribution in [0, 0.1) is 0 Å². The number of carbonyl (C=O) groups excluding carboxylic acids is 2. The molecule has 1 aliphatic rings. The molecule has 2 amide bonds. The van der Waals surface area contributed by atoms with Crippen molar-refractivity contribution < 1.29 is 9.59 Å². The molecule has 2 aromatic carbocycles. The van der Waals surface area contributed by atoms with Crippen LogP contribution in [0.15, 0.2) is 54.7 Å². The number of nitrogens with zero attached hydrogens (tertiary/aromatic N) is 1. The lowest BCUT2D eigenvalue weighted by molar-refractivity contribution is -0.115. The van der Waals surface area contributed by atoms with Gasteiger partial charge in [-0.05, 0) is 43.0 Å². The minimum Gasteiger partial charge on any atom is -0.361 e. The van der Waals surface area contributed by atoms with Gasteiger partial charge in [0.1, 0.15) is 0 Å². The summed E-state index contributed by atoms with van der Waals surface area (Å²) in [6.45, 7) is 1.58. The number of amides is 2. The number of aromatic amines is 1. The maximum atomic E-state index is 12.9. The number of hydrogen-bond donors (Lipinski definition) is 2. The monoisotopic (exact) mass is 361 g/mol. The topological polar surface area (TPSA) is 65.2 Å². The van der Waals surface area contributed by atoms with E-state index in [0.717, 1.165) is 42.4 Å². The van der Waals surface area contributed by atoms with Crippen molar-refractivity contribution in [1.29, 1.82) is 0 Å². The van der Waals surface area contributed by atoms with Crippen LogP contribution >= 0.6 is 0 Å². The van der Waals surface area contributed by atoms with Crippen LogP contribution in [0.1, 0.15) is 35.2 Å². The molecule has 5 heteroatoms. The SMILES string of the molecule is O=C(Cc1c[nH]c2ccccc12)Nc1ccccc1C(=O)N1CCCCC1. The van der Waals surface area contributed by atoms with Crippen molar-refractivity contribution in [3.8, 4) is 0 Å². The van der Waals surface area contributed by atoms with E-state index in [4.69, 9.17) is 0 Å². The lowest BCUT2D eigenvalue weighted by Gasteiger charge is -2.27. The first-order valence-corrected chi connectivity index (χ1v) is 9.45. The van der Waals surface area contributed by atoms with E-state index in [1.54, 1.807) is 12.1 Å². The molecule has 3 aromatic rings. The Morgan fingerprint density at radius 3 is 2.56 bits per heavy atom. The van der Waals surface area contributed by atoms with Gasteiger partial charge in [-0.2, -0.15) is 0 Å². The predicted octanol–water partition coefficient (Wildman–Crippen LogP) is 3.98. The number of likely N-dealkylation sites (tertiary alicyclic amines) is 1. The fourth-order valence-corrected chi connectivity index (χ4v) is 3.69. The molecule has 1 saturated heterocycles. The average molecular weight is 361 g/mol. The van der Waals surface area contributed by atoms with E-state index in [-0.39, 0.29) is 18.2 Å². The third-order valence-corrected chi connectivity index (χ3v) is 5.10. The Morgan fingerprint density at radius 1 is 0.963 bits per heavy atom. The van der Waals surface area contributed by atoms with Crippen molar-refractivity contribution >= 4 is 28.4 Å². The van der Waals surface area contributed by atoms with E-state index < -0.39 is 0 Å². The number of fused-ring (bicyclic) bond motifs is 1. The summed E-state index contributed by atoms with van der Waals surface area (Å²) in [6.07, 6.45) is 5.39. The molecule has 2 N–H and O–H groups in total. The van der Waals surface area contributed by atoms with Gasteiger partial charge in [-0.25, -0.2) is 0 Å². The zero-order valence-electron chi connectivity index (χ0n) is 15.2. The molecule has 0 saturated carbocycles. The fraction of sp³-hybridized carbons (Fsp3) is 0.273. The summed E-state index contributed by atoms with van der Waals surface area (Å²) in [4.78, 5) is 30.6. The van der Waals surface area contributed by atoms with Crippen LogP contribution in [0.2, 0.25) is 0 Å². The third-order valence-electron chi connectivity index (χ3n) is 5.10. The summed E-state index contributed by atoms with van der Waals surface area (Å²) in [7, 11) is 0. The smallest absolute Gasteiger partial charge is 0.255 e. The first-order valence-electron chi connectivity index (χ1n) is 9.45. The van der Waals surface area contributed by atoms with Gasteiger partial charge in [0.05, 0.1) is 17.7 Å². The molecule has 0 aliphatic carbocycles. The van der Waals surface area contributed by atoms with Gasteiger partial charge in [0.25, 0.3) is 5.91 Å². The summed E-state index contributed by atoms with van der Waals surface area (Å²) in [5.74, 6) is -0.128. The molecule has 4 rings (SSSR count). The highest BCUT2D eigenvalue weighted by molar-refractivity contribution is 6.04. The first-order chi connectivity index (χ1) is 13.2. The van der Waals surface area contributed by atoms with Crippen LogP contribution in [-0.2, 0) is 11.2 Å². The Hall–Kier alpha value is -3.08. The molecule has 1 aliphatic heterocycles. The Balaban J connectivity index is 1.50. The maximum absolute atomic E-state index is 12.9. The van der Waals surface area contributed by atoms with Crippen LogP contribution in [0.4, 0.5) is 5.69 Å². The summed E-state index contributed by atoms with van der Waals surface area (Å²) in [5, 5.41) is 3.98. The van der Waals surface area contributed by atoms with Gasteiger partial charge in [0.15, 0.2) is 0 Å². The van der Waals surface area contributed by atoms with Crippen molar-refractivity contribution in [2.45, 2.75) is 25.7 Å². The Morgan fingerprint density at radius 2 is 1.70 bits per heavy atom. The molecule has 1 aromatic heterocycles. The Kier molecular flexibility index (Phi) is 4.92. The third kappa shape index (κ3) is 3.72. The Labute approximate surface area is 158 Å². The molecule has 5 nitrogen and oxygen atoms in total. The number of H-pyrrole nitrogens is 1. The molecule has 0 spiro atoms. The minimum absolute atomic E-state index is 0.00213. The van der Waals surface area contributed by atoms with Crippen LogP contribution in [-0.4, -0.2) is 34.8 Å². The lowest BCUT2D eigenvalue weighted by Crippen LogP contribution is -2.36. The maximum Gasteiger partial charge on any atom is 0.255 e. The molecule has 0 atom stereocenters. The first kappa shape index (κ1) is 17.3. The number of benzene rings is 2. The molecular weight excluding hydrogens is 338 g/mol. The highest BCUT2D eigenvalue weighted by Gasteiger charge is 2.21. The van der Waals surface area contributed by atoms with Gasteiger partial charge in [-0.1, -0.05) is 30.3 Å². The highest BCUT2D eigenvalue weighted by Crippen LogP contribution is 2.22. The molecular formula is C22H23N3O2. The molecule has 138 valence electrons. The molecule has 0 radical (unpaired) electrons. The number of piperidine rings is 1. The summed E-state index contributed by atoms with van der Waals surface area (Å²) in [6, 6.07) is 15.2. The minimum atomic E-state index is -0.126. The average Bonchev–Trinajstić information content (AvgIpc) is 3.11. The van der Waals surface area contributed by atoms with Gasteiger partial charge in [0, 0.05) is 30.2 Å². The van der Waals surface area contributed by atoms with Crippen molar-refractivity contribution in [2.75, 3.05) is 18.4 Å². The lowest BCUT2D eigenvalue weighted by atomic mass is 10.1. The fourth-order valence-electron chi connectivity index (χ4n) is 3.69. The van der Waals surface area contributed by atoms with Crippen LogP contribution in [0.3, 0.4) is 0 Å². The Bertz CT molecular complexity index is 970. The van der Waals surface area contributed by atoms with Crippen LogP contribution < -0.4 is 5.32 Å². The van der Waals surface area contributed by atoms with E-state index in [1.807, 2.05) is 47.5 Å². The molecule has 0 unspecified atom stereocenters. The number of hydrogen-bond acceptors (Lipinski definition) is 2. The second-order valence-electron chi connectivity index (χ2n) is 6.98. The quantitative estimate of drug-likeness (QED) is 0.738. The summed E-state index contributed by atoms with van der Waals surface area (Å²) in [5.41, 5.74) is 3.11. The van der Waals surface area contributed by atoms with E-state index in [0.29, 0.717) is 11.3 Å². The van der Waals surface area contributed by atoms with E-state index in [1.165, 1.54) is 6.42 Å². The molecule has 1 fully saturated rings. The number of nitrogens with one attached hydrogen (secondary N) is 2. The van der Waals surface area contributed by atoms with Crippen LogP contribution in [0.5, 0.6) is 0 Å². The highest BCUT2D eigenvalue weighted by atomic mass is 16.2. The van der Waals surface area contributed by atoms with Crippen molar-refractivity contribution in [2.24, 2.45) is 0 Å².